The van der Waals surface area contributed by atoms with Crippen LogP contribution in [0.25, 0.3) is 0 Å². The van der Waals surface area contributed by atoms with Crippen LogP contribution in [0.5, 0.6) is 0 Å². The van der Waals surface area contributed by atoms with Crippen LogP contribution in [-0.2, 0) is 0 Å². The molecule has 0 aromatic carbocycles. The van der Waals surface area contributed by atoms with E-state index in [4.69, 9.17) is 10.9 Å². The normalized spacial score (nSPS) is 27.4. The van der Waals surface area contributed by atoms with E-state index in [2.05, 4.69) is 20.0 Å². The van der Waals surface area contributed by atoms with Gasteiger partial charge in [0, 0.05) is 25.0 Å². The number of oxime groups is 1. The van der Waals surface area contributed by atoms with Gasteiger partial charge in [0.25, 0.3) is 0 Å². The Hall–Kier alpha value is -1.85. The Labute approximate surface area is 112 Å². The molecule has 2 fully saturated rings. The Morgan fingerprint density at radius 2 is 2.05 bits per heavy atom. The average molecular weight is 261 g/mol. The lowest BCUT2D eigenvalue weighted by Crippen LogP contribution is -2.37. The van der Waals surface area contributed by atoms with Gasteiger partial charge in [0.2, 0.25) is 0 Å². The Bertz CT molecular complexity index is 490. The first-order chi connectivity index (χ1) is 9.31. The number of hydrogen-bond acceptors (Lipinski definition) is 5. The fourth-order valence-electron chi connectivity index (χ4n) is 3.44. The fraction of sp³-hybridized carbons (Fsp3) is 0.615. The minimum atomic E-state index is 0.0300. The van der Waals surface area contributed by atoms with Gasteiger partial charge in [0.15, 0.2) is 17.3 Å². The molecule has 2 heterocycles. The van der Waals surface area contributed by atoms with Crippen LogP contribution in [0.2, 0.25) is 0 Å². The van der Waals surface area contributed by atoms with Crippen molar-refractivity contribution in [2.75, 3.05) is 11.4 Å². The van der Waals surface area contributed by atoms with Gasteiger partial charge in [-0.3, -0.25) is 0 Å². The van der Waals surface area contributed by atoms with Crippen LogP contribution in [0.15, 0.2) is 17.5 Å². The maximum atomic E-state index is 8.86. The van der Waals surface area contributed by atoms with Gasteiger partial charge in [-0.15, -0.1) is 0 Å². The minimum absolute atomic E-state index is 0.0300. The third-order valence-electron chi connectivity index (χ3n) is 4.31. The molecular weight excluding hydrogens is 242 g/mol. The highest BCUT2D eigenvalue weighted by atomic mass is 16.4. The summed E-state index contributed by atoms with van der Waals surface area (Å²) in [5.74, 6) is 1.55. The summed E-state index contributed by atoms with van der Waals surface area (Å²) in [7, 11) is 0. The zero-order valence-electron chi connectivity index (χ0n) is 10.9. The van der Waals surface area contributed by atoms with Crippen LogP contribution in [0.1, 0.15) is 37.8 Å². The molecule has 2 unspecified atom stereocenters. The molecule has 102 valence electrons. The maximum Gasteiger partial charge on any atom is 0.192 e. The molecule has 1 saturated heterocycles. The van der Waals surface area contributed by atoms with Gasteiger partial charge in [-0.2, -0.15) is 0 Å². The second-order valence-electron chi connectivity index (χ2n) is 5.31. The number of hydrogen-bond donors (Lipinski definition) is 2. The van der Waals surface area contributed by atoms with Gasteiger partial charge in [-0.25, -0.2) is 9.97 Å². The number of nitrogens with zero attached hydrogens (tertiary/aromatic N) is 4. The van der Waals surface area contributed by atoms with Crippen LogP contribution < -0.4 is 10.6 Å². The molecule has 0 radical (unpaired) electrons. The molecule has 1 aliphatic heterocycles. The van der Waals surface area contributed by atoms with Crippen molar-refractivity contribution in [1.82, 2.24) is 9.97 Å². The van der Waals surface area contributed by atoms with E-state index >= 15 is 0 Å². The number of nitrogens with two attached hydrogens (primary N) is 1. The average Bonchev–Trinajstić information content (AvgIpc) is 2.90. The van der Waals surface area contributed by atoms with Crippen LogP contribution in [-0.4, -0.2) is 33.6 Å². The molecule has 0 amide bonds. The van der Waals surface area contributed by atoms with Gasteiger partial charge in [-0.1, -0.05) is 18.0 Å². The first-order valence-electron chi connectivity index (χ1n) is 6.87. The summed E-state index contributed by atoms with van der Waals surface area (Å²) >= 11 is 0. The lowest BCUT2D eigenvalue weighted by molar-refractivity contribution is 0.318. The minimum Gasteiger partial charge on any atom is -0.409 e. The van der Waals surface area contributed by atoms with Gasteiger partial charge >= 0.3 is 0 Å². The zero-order chi connectivity index (χ0) is 13.2. The molecule has 1 aliphatic carbocycles. The highest BCUT2D eigenvalue weighted by molar-refractivity contribution is 5.99. The second kappa shape index (κ2) is 5.03. The first kappa shape index (κ1) is 12.2. The van der Waals surface area contributed by atoms with Crippen molar-refractivity contribution in [1.29, 1.82) is 0 Å². The van der Waals surface area contributed by atoms with E-state index in [0.717, 1.165) is 18.3 Å². The highest BCUT2D eigenvalue weighted by Crippen LogP contribution is 2.38. The zero-order valence-corrected chi connectivity index (χ0v) is 10.9. The van der Waals surface area contributed by atoms with Crippen LogP contribution >= 0.6 is 0 Å². The van der Waals surface area contributed by atoms with E-state index in [0.29, 0.717) is 11.7 Å². The van der Waals surface area contributed by atoms with Crippen LogP contribution in [0.4, 0.5) is 5.82 Å². The summed E-state index contributed by atoms with van der Waals surface area (Å²) in [4.78, 5) is 10.9. The molecule has 6 heteroatoms. The molecule has 1 aromatic heterocycles. The maximum absolute atomic E-state index is 8.86. The standard InChI is InChI=1S/C13H19N5O/c14-12(17-19)11-13(16-7-6-15-11)18-8-5-9-3-1-2-4-10(9)18/h6-7,9-10,19H,1-5,8H2,(H2,14,17). The lowest BCUT2D eigenvalue weighted by Gasteiger charge is -2.32. The van der Waals surface area contributed by atoms with Gasteiger partial charge < -0.3 is 15.8 Å². The molecule has 6 nitrogen and oxygen atoms in total. The molecule has 1 aromatic rings. The quantitative estimate of drug-likeness (QED) is 0.363. The molecular formula is C13H19N5O. The molecule has 2 aliphatic rings. The van der Waals surface area contributed by atoms with Crippen molar-refractivity contribution >= 4 is 11.7 Å². The number of anilines is 1. The Morgan fingerprint density at radius 3 is 2.89 bits per heavy atom. The van der Waals surface area contributed by atoms with Crippen LogP contribution in [0.3, 0.4) is 0 Å². The molecule has 0 spiro atoms. The van der Waals surface area contributed by atoms with Gasteiger partial charge in [-0.05, 0) is 25.2 Å². The monoisotopic (exact) mass is 261 g/mol. The molecule has 2 atom stereocenters. The van der Waals surface area contributed by atoms with Crippen molar-refractivity contribution in [3.63, 3.8) is 0 Å². The molecule has 19 heavy (non-hydrogen) atoms. The summed E-state index contributed by atoms with van der Waals surface area (Å²) < 4.78 is 0. The number of fused-ring (bicyclic) bond motifs is 1. The first-order valence-corrected chi connectivity index (χ1v) is 6.87. The Balaban J connectivity index is 1.94. The smallest absolute Gasteiger partial charge is 0.192 e. The Morgan fingerprint density at radius 1 is 1.26 bits per heavy atom. The van der Waals surface area contributed by atoms with E-state index in [9.17, 15) is 0 Å². The SMILES string of the molecule is NC(=NO)c1nccnc1N1CCC2CCCCC21. The lowest BCUT2D eigenvalue weighted by atomic mass is 9.85. The highest BCUT2D eigenvalue weighted by Gasteiger charge is 2.37. The topological polar surface area (TPSA) is 87.6 Å². The van der Waals surface area contributed by atoms with E-state index in [1.54, 1.807) is 12.4 Å². The second-order valence-corrected chi connectivity index (χ2v) is 5.31. The van der Waals surface area contributed by atoms with Gasteiger partial charge in [0.05, 0.1) is 0 Å². The predicted molar refractivity (Wildman–Crippen MR) is 72.3 cm³/mol. The van der Waals surface area contributed by atoms with Crippen molar-refractivity contribution < 1.29 is 5.21 Å². The molecule has 3 rings (SSSR count). The predicted octanol–water partition coefficient (Wildman–Crippen LogP) is 1.34. The summed E-state index contributed by atoms with van der Waals surface area (Å²) in [6.07, 6.45) is 9.57. The van der Waals surface area contributed by atoms with Crippen molar-refractivity contribution in [2.24, 2.45) is 16.8 Å². The third-order valence-corrected chi connectivity index (χ3v) is 4.31. The summed E-state index contributed by atoms with van der Waals surface area (Å²) in [5.41, 5.74) is 6.18. The van der Waals surface area contributed by atoms with Crippen molar-refractivity contribution in [3.05, 3.63) is 18.1 Å². The largest absolute Gasteiger partial charge is 0.409 e. The van der Waals surface area contributed by atoms with Crippen LogP contribution in [0, 0.1) is 5.92 Å². The van der Waals surface area contributed by atoms with Gasteiger partial charge in [0.1, 0.15) is 0 Å². The summed E-state index contributed by atoms with van der Waals surface area (Å²) in [6.45, 7) is 0.986. The third kappa shape index (κ3) is 2.11. The summed E-state index contributed by atoms with van der Waals surface area (Å²) in [6, 6.07) is 0.538. The number of amidine groups is 1. The molecule has 1 saturated carbocycles. The summed E-state index contributed by atoms with van der Waals surface area (Å²) in [5, 5.41) is 11.9. The van der Waals surface area contributed by atoms with E-state index < -0.39 is 0 Å². The van der Waals surface area contributed by atoms with E-state index in [1.165, 1.54) is 32.1 Å². The fourth-order valence-corrected chi connectivity index (χ4v) is 3.44. The number of aromatic nitrogens is 2. The van der Waals surface area contributed by atoms with Crippen molar-refractivity contribution in [3.8, 4) is 0 Å². The van der Waals surface area contributed by atoms with E-state index in [-0.39, 0.29) is 5.84 Å². The van der Waals surface area contributed by atoms with E-state index in [1.807, 2.05) is 0 Å². The van der Waals surface area contributed by atoms with Crippen molar-refractivity contribution in [2.45, 2.75) is 38.1 Å². The molecule has 3 N–H and O–H groups in total. The molecule has 0 bridgehead atoms. The Kier molecular flexibility index (Phi) is 3.23. The number of rotatable bonds is 2.